The second-order valence-electron chi connectivity index (χ2n) is 8.88. The van der Waals surface area contributed by atoms with E-state index >= 15 is 0 Å². The molecule has 0 saturated carbocycles. The standard InChI is InChI=1S/C27H30N4O5S/c1-19(2)21-7-9-22(10-8-21)37(32,33)31-15-13-30(14-16-31)27-23(18-28)29-26(36-27)12-6-20-5-11-24(34-3)25(17-20)35-4/h5-12,17,19H,13-16H2,1-4H3/b12-6+. The molecule has 1 saturated heterocycles. The summed E-state index contributed by atoms with van der Waals surface area (Å²) >= 11 is 0. The van der Waals surface area contributed by atoms with Gasteiger partial charge in [0, 0.05) is 32.3 Å². The predicted molar refractivity (Wildman–Crippen MR) is 141 cm³/mol. The van der Waals surface area contributed by atoms with Crippen molar-refractivity contribution in [3.8, 4) is 17.6 Å². The molecular weight excluding hydrogens is 492 g/mol. The molecule has 1 aliphatic heterocycles. The smallest absolute Gasteiger partial charge is 0.243 e. The van der Waals surface area contributed by atoms with Gasteiger partial charge in [0.2, 0.25) is 27.5 Å². The molecule has 0 bridgehead atoms. The Bertz CT molecular complexity index is 1410. The number of benzene rings is 2. The van der Waals surface area contributed by atoms with Gasteiger partial charge < -0.3 is 18.8 Å². The minimum Gasteiger partial charge on any atom is -0.493 e. The maximum absolute atomic E-state index is 13.1. The van der Waals surface area contributed by atoms with Crippen LogP contribution in [0.25, 0.3) is 12.2 Å². The Kier molecular flexibility index (Phi) is 7.86. The summed E-state index contributed by atoms with van der Waals surface area (Å²) in [6, 6.07) is 14.6. The van der Waals surface area contributed by atoms with Crippen molar-refractivity contribution in [2.45, 2.75) is 24.7 Å². The van der Waals surface area contributed by atoms with Crippen LogP contribution in [0.5, 0.6) is 11.5 Å². The van der Waals surface area contributed by atoms with Crippen LogP contribution in [0, 0.1) is 11.3 Å². The molecule has 2 aromatic carbocycles. The lowest BCUT2D eigenvalue weighted by Gasteiger charge is -2.33. The highest BCUT2D eigenvalue weighted by molar-refractivity contribution is 7.89. The van der Waals surface area contributed by atoms with Crippen molar-refractivity contribution in [2.24, 2.45) is 0 Å². The Morgan fingerprint density at radius 3 is 2.27 bits per heavy atom. The summed E-state index contributed by atoms with van der Waals surface area (Å²) in [5.41, 5.74) is 2.10. The van der Waals surface area contributed by atoms with Gasteiger partial charge in [-0.1, -0.05) is 32.0 Å². The number of oxazole rings is 1. The molecule has 4 rings (SSSR count). The van der Waals surface area contributed by atoms with Crippen LogP contribution in [-0.2, 0) is 10.0 Å². The molecule has 0 N–H and O–H groups in total. The van der Waals surface area contributed by atoms with Gasteiger partial charge in [-0.15, -0.1) is 0 Å². The maximum atomic E-state index is 13.1. The lowest BCUT2D eigenvalue weighted by atomic mass is 10.0. The van der Waals surface area contributed by atoms with Gasteiger partial charge in [0.05, 0.1) is 19.1 Å². The normalized spacial score (nSPS) is 14.8. The Hall–Kier alpha value is -3.81. The van der Waals surface area contributed by atoms with Crippen LogP contribution < -0.4 is 14.4 Å². The second-order valence-corrected chi connectivity index (χ2v) is 10.8. The second kappa shape index (κ2) is 11.1. The average Bonchev–Trinajstić information content (AvgIpc) is 3.35. The average molecular weight is 523 g/mol. The Labute approximate surface area is 217 Å². The molecule has 1 aromatic heterocycles. The number of piperazine rings is 1. The largest absolute Gasteiger partial charge is 0.493 e. The molecule has 9 nitrogen and oxygen atoms in total. The number of methoxy groups -OCH3 is 2. The summed E-state index contributed by atoms with van der Waals surface area (Å²) in [5, 5.41) is 9.60. The van der Waals surface area contributed by atoms with Crippen molar-refractivity contribution in [3.05, 3.63) is 65.2 Å². The number of anilines is 1. The first-order valence-electron chi connectivity index (χ1n) is 11.9. The van der Waals surface area contributed by atoms with Crippen molar-refractivity contribution in [2.75, 3.05) is 45.3 Å². The zero-order chi connectivity index (χ0) is 26.6. The van der Waals surface area contributed by atoms with Gasteiger partial charge in [-0.3, -0.25) is 0 Å². The van der Waals surface area contributed by atoms with E-state index < -0.39 is 10.0 Å². The van der Waals surface area contributed by atoms with Gasteiger partial charge in [-0.05, 0) is 47.4 Å². The van der Waals surface area contributed by atoms with E-state index in [1.54, 1.807) is 44.6 Å². The SMILES string of the molecule is COc1ccc(/C=C/c2nc(C#N)c(N3CCN(S(=O)(=O)c4ccc(C(C)C)cc4)CC3)o2)cc1OC. The number of nitriles is 1. The third kappa shape index (κ3) is 5.63. The molecule has 0 spiro atoms. The van der Waals surface area contributed by atoms with E-state index in [9.17, 15) is 13.7 Å². The number of sulfonamides is 1. The Balaban J connectivity index is 1.46. The van der Waals surface area contributed by atoms with E-state index in [4.69, 9.17) is 13.9 Å². The lowest BCUT2D eigenvalue weighted by molar-refractivity contribution is 0.355. The van der Waals surface area contributed by atoms with Gasteiger partial charge >= 0.3 is 0 Å². The fraction of sp³-hybridized carbons (Fsp3) is 0.333. The highest BCUT2D eigenvalue weighted by Crippen LogP contribution is 2.29. The number of nitrogens with zero attached hydrogens (tertiary/aromatic N) is 4. The van der Waals surface area contributed by atoms with Crippen molar-refractivity contribution in [1.82, 2.24) is 9.29 Å². The fourth-order valence-corrected chi connectivity index (χ4v) is 5.54. The van der Waals surface area contributed by atoms with E-state index in [-0.39, 0.29) is 29.6 Å². The third-order valence-corrected chi connectivity index (χ3v) is 8.18. The first kappa shape index (κ1) is 26.3. The van der Waals surface area contributed by atoms with Crippen molar-refractivity contribution < 1.29 is 22.3 Å². The summed E-state index contributed by atoms with van der Waals surface area (Å²) in [4.78, 5) is 6.43. The van der Waals surface area contributed by atoms with E-state index in [2.05, 4.69) is 24.9 Å². The van der Waals surface area contributed by atoms with E-state index in [0.29, 0.717) is 36.4 Å². The maximum Gasteiger partial charge on any atom is 0.243 e. The predicted octanol–water partition coefficient (Wildman–Crippen LogP) is 4.37. The van der Waals surface area contributed by atoms with Gasteiger partial charge in [0.15, 0.2) is 11.5 Å². The Morgan fingerprint density at radius 1 is 1.00 bits per heavy atom. The van der Waals surface area contributed by atoms with Crippen LogP contribution in [0.3, 0.4) is 0 Å². The van der Waals surface area contributed by atoms with Crippen LogP contribution in [0.2, 0.25) is 0 Å². The van der Waals surface area contributed by atoms with Gasteiger partial charge in [-0.2, -0.15) is 14.6 Å². The first-order chi connectivity index (χ1) is 17.8. The first-order valence-corrected chi connectivity index (χ1v) is 13.4. The van der Waals surface area contributed by atoms with Crippen molar-refractivity contribution in [3.63, 3.8) is 0 Å². The topological polar surface area (TPSA) is 109 Å². The van der Waals surface area contributed by atoms with E-state index in [0.717, 1.165) is 11.1 Å². The number of hydrogen-bond donors (Lipinski definition) is 0. The van der Waals surface area contributed by atoms with E-state index in [1.165, 1.54) is 4.31 Å². The molecule has 0 unspecified atom stereocenters. The lowest BCUT2D eigenvalue weighted by Crippen LogP contribution is -2.48. The summed E-state index contributed by atoms with van der Waals surface area (Å²) in [7, 11) is -0.464. The molecule has 2 heterocycles. The molecular formula is C27H30N4O5S. The molecule has 0 radical (unpaired) electrons. The molecule has 3 aromatic rings. The van der Waals surface area contributed by atoms with Crippen LogP contribution >= 0.6 is 0 Å². The highest BCUT2D eigenvalue weighted by atomic mass is 32.2. The van der Waals surface area contributed by atoms with Crippen LogP contribution in [0.4, 0.5) is 5.88 Å². The molecule has 0 aliphatic carbocycles. The zero-order valence-electron chi connectivity index (χ0n) is 21.3. The van der Waals surface area contributed by atoms with Gasteiger partial charge in [0.1, 0.15) is 6.07 Å². The van der Waals surface area contributed by atoms with Crippen LogP contribution in [-0.4, -0.2) is 58.1 Å². The fourth-order valence-electron chi connectivity index (χ4n) is 4.12. The van der Waals surface area contributed by atoms with Gasteiger partial charge in [0.25, 0.3) is 0 Å². The third-order valence-electron chi connectivity index (χ3n) is 6.27. The van der Waals surface area contributed by atoms with Gasteiger partial charge in [-0.25, -0.2) is 8.42 Å². The summed E-state index contributed by atoms with van der Waals surface area (Å²) in [6.07, 6.45) is 3.47. The molecule has 37 heavy (non-hydrogen) atoms. The van der Waals surface area contributed by atoms with Crippen molar-refractivity contribution >= 4 is 28.1 Å². The van der Waals surface area contributed by atoms with E-state index in [1.807, 2.05) is 29.2 Å². The molecule has 0 amide bonds. The molecule has 194 valence electrons. The number of aromatic nitrogens is 1. The summed E-state index contributed by atoms with van der Waals surface area (Å²) < 4.78 is 44.2. The molecule has 10 heteroatoms. The Morgan fingerprint density at radius 2 is 1.68 bits per heavy atom. The number of rotatable bonds is 8. The minimum absolute atomic E-state index is 0.160. The van der Waals surface area contributed by atoms with Crippen LogP contribution in [0.1, 0.15) is 42.5 Å². The summed E-state index contributed by atoms with van der Waals surface area (Å²) in [5.74, 6) is 2.17. The minimum atomic E-state index is -3.61. The quantitative estimate of drug-likeness (QED) is 0.429. The molecule has 1 fully saturated rings. The van der Waals surface area contributed by atoms with Crippen molar-refractivity contribution in [1.29, 1.82) is 5.26 Å². The molecule has 0 atom stereocenters. The zero-order valence-corrected chi connectivity index (χ0v) is 22.2. The number of hydrogen-bond acceptors (Lipinski definition) is 8. The number of ether oxygens (including phenoxy) is 2. The summed E-state index contributed by atoms with van der Waals surface area (Å²) in [6.45, 7) is 5.45. The van der Waals surface area contributed by atoms with Crippen LogP contribution in [0.15, 0.2) is 51.8 Å². The molecule has 1 aliphatic rings. The highest BCUT2D eigenvalue weighted by Gasteiger charge is 2.31. The monoisotopic (exact) mass is 522 g/mol.